The van der Waals surface area contributed by atoms with Crippen molar-refractivity contribution in [3.63, 3.8) is 0 Å². The second-order valence-electron chi connectivity index (χ2n) is 6.37. The van der Waals surface area contributed by atoms with Crippen LogP contribution in [0.5, 0.6) is 0 Å². The molecule has 2 unspecified atom stereocenters. The molecule has 4 bridgehead atoms. The van der Waals surface area contributed by atoms with E-state index in [0.717, 1.165) is 6.42 Å². The van der Waals surface area contributed by atoms with E-state index >= 15 is 0 Å². The molecule has 0 saturated carbocycles. The van der Waals surface area contributed by atoms with Crippen molar-refractivity contribution in [3.05, 3.63) is 44.3 Å². The molecule has 1 aromatic carbocycles. The SMILES string of the molecule is CC(C)=CC[C]1=Cc2c3ccc[c]2[In]1[CH]3C1SC(=O)NC1=O. The van der Waals surface area contributed by atoms with Gasteiger partial charge in [0.25, 0.3) is 0 Å². The zero-order valence-electron chi connectivity index (χ0n) is 12.6. The Hall–Kier alpha value is -0.940. The fourth-order valence-electron chi connectivity index (χ4n) is 3.86. The van der Waals surface area contributed by atoms with Gasteiger partial charge in [0, 0.05) is 0 Å². The Labute approximate surface area is 141 Å². The van der Waals surface area contributed by atoms with Crippen molar-refractivity contribution >= 4 is 53.7 Å². The zero-order valence-corrected chi connectivity index (χ0v) is 16.7. The van der Waals surface area contributed by atoms with E-state index in [-0.39, 0.29) is 16.4 Å². The molecule has 1 fully saturated rings. The van der Waals surface area contributed by atoms with E-state index in [0.29, 0.717) is 3.67 Å². The van der Waals surface area contributed by atoms with Gasteiger partial charge in [0.15, 0.2) is 0 Å². The Kier molecular flexibility index (Phi) is 3.53. The third kappa shape index (κ3) is 2.13. The number of benzene rings is 1. The van der Waals surface area contributed by atoms with Crippen LogP contribution in [0.4, 0.5) is 4.79 Å². The van der Waals surface area contributed by atoms with Crippen molar-refractivity contribution in [2.24, 2.45) is 0 Å². The number of allylic oxidation sites excluding steroid dienone is 3. The minimum absolute atomic E-state index is 0.0847. The van der Waals surface area contributed by atoms with Crippen molar-refractivity contribution in [1.82, 2.24) is 5.32 Å². The van der Waals surface area contributed by atoms with E-state index in [1.807, 2.05) is 0 Å². The first kappa shape index (κ1) is 14.6. The molecule has 1 saturated heterocycles. The van der Waals surface area contributed by atoms with Crippen LogP contribution in [0.15, 0.2) is 33.2 Å². The van der Waals surface area contributed by atoms with E-state index in [1.165, 1.54) is 31.8 Å². The maximum atomic E-state index is 12.2. The van der Waals surface area contributed by atoms with Gasteiger partial charge in [0.1, 0.15) is 0 Å². The molecule has 4 rings (SSSR count). The quantitative estimate of drug-likeness (QED) is 0.776. The van der Waals surface area contributed by atoms with Gasteiger partial charge >= 0.3 is 142 Å². The van der Waals surface area contributed by atoms with Crippen LogP contribution in [0.2, 0.25) is 0 Å². The Morgan fingerprint density at radius 1 is 1.36 bits per heavy atom. The molecule has 0 radical (unpaired) electrons. The van der Waals surface area contributed by atoms with E-state index in [1.54, 1.807) is 3.33 Å². The van der Waals surface area contributed by atoms with Crippen molar-refractivity contribution in [2.45, 2.75) is 29.2 Å². The molecule has 2 atom stereocenters. The average molecular weight is 413 g/mol. The predicted molar refractivity (Wildman–Crippen MR) is 91.5 cm³/mol. The van der Waals surface area contributed by atoms with Gasteiger partial charge < -0.3 is 0 Å². The van der Waals surface area contributed by atoms with Crippen LogP contribution in [0, 0.1) is 0 Å². The van der Waals surface area contributed by atoms with Gasteiger partial charge in [-0.1, -0.05) is 0 Å². The molecule has 0 spiro atoms. The molecule has 0 aliphatic carbocycles. The van der Waals surface area contributed by atoms with Crippen LogP contribution in [0.1, 0.15) is 35.1 Å². The molecule has 3 aliphatic rings. The number of carbonyl (C=O) groups excluding carboxylic acids is 2. The summed E-state index contributed by atoms with van der Waals surface area (Å²) in [5.41, 5.74) is 4.03. The fourth-order valence-corrected chi connectivity index (χ4v) is 18.0. The number of rotatable bonds is 3. The van der Waals surface area contributed by atoms with Gasteiger partial charge in [-0.25, -0.2) is 0 Å². The molecular weight excluding hydrogens is 397 g/mol. The number of nitrogens with one attached hydrogen (secondary N) is 1. The average Bonchev–Trinajstić information content (AvgIpc) is 3.04. The molecule has 0 aromatic heterocycles. The van der Waals surface area contributed by atoms with E-state index in [4.69, 9.17) is 0 Å². The van der Waals surface area contributed by atoms with Crippen LogP contribution in [-0.2, 0) is 4.79 Å². The molecular formula is C17H16InNO2S. The summed E-state index contributed by atoms with van der Waals surface area (Å²) in [5, 5.41) is 2.08. The molecule has 110 valence electrons. The second kappa shape index (κ2) is 5.31. The number of hydrogen-bond acceptors (Lipinski definition) is 3. The van der Waals surface area contributed by atoms with E-state index < -0.39 is 21.4 Å². The first-order valence-corrected chi connectivity index (χ1v) is 13.6. The summed E-state index contributed by atoms with van der Waals surface area (Å²) in [6.45, 7) is 4.25. The molecule has 1 N–H and O–H groups in total. The molecule has 5 heteroatoms. The zero-order chi connectivity index (χ0) is 15.4. The molecule has 3 heterocycles. The monoisotopic (exact) mass is 413 g/mol. The maximum absolute atomic E-state index is 12.2. The molecule has 22 heavy (non-hydrogen) atoms. The van der Waals surface area contributed by atoms with Crippen LogP contribution in [0.3, 0.4) is 0 Å². The van der Waals surface area contributed by atoms with Gasteiger partial charge in [-0.3, -0.25) is 0 Å². The summed E-state index contributed by atoms with van der Waals surface area (Å²) < 4.78 is 3.42. The van der Waals surface area contributed by atoms with Crippen molar-refractivity contribution in [3.8, 4) is 0 Å². The van der Waals surface area contributed by atoms with E-state index in [2.05, 4.69) is 49.5 Å². The predicted octanol–water partition coefficient (Wildman–Crippen LogP) is 2.67. The van der Waals surface area contributed by atoms with Crippen molar-refractivity contribution in [1.29, 1.82) is 0 Å². The summed E-state index contributed by atoms with van der Waals surface area (Å²) in [6, 6.07) is 6.53. The number of imide groups is 1. The van der Waals surface area contributed by atoms with Crippen LogP contribution >= 0.6 is 11.8 Å². The Bertz CT molecular complexity index is 764. The topological polar surface area (TPSA) is 46.2 Å². The van der Waals surface area contributed by atoms with E-state index in [9.17, 15) is 9.59 Å². The Balaban J connectivity index is 1.73. The summed E-state index contributed by atoms with van der Waals surface area (Å²) in [5.74, 6) is -0.0847. The molecule has 3 nitrogen and oxygen atoms in total. The van der Waals surface area contributed by atoms with Gasteiger partial charge in [0.2, 0.25) is 0 Å². The molecule has 3 aliphatic heterocycles. The van der Waals surface area contributed by atoms with Gasteiger partial charge in [-0.15, -0.1) is 0 Å². The summed E-state index contributed by atoms with van der Waals surface area (Å²) in [7, 11) is 0. The Morgan fingerprint density at radius 3 is 2.82 bits per heavy atom. The number of thioether (sulfide) groups is 1. The summed E-state index contributed by atoms with van der Waals surface area (Å²) in [4.78, 5) is 23.8. The summed E-state index contributed by atoms with van der Waals surface area (Å²) in [6.07, 6.45) is 5.68. The number of carbonyl (C=O) groups is 2. The third-order valence-corrected chi connectivity index (χ3v) is 17.6. The first-order valence-electron chi connectivity index (χ1n) is 7.54. The molecule has 2 amide bonds. The minimum atomic E-state index is -2.24. The van der Waals surface area contributed by atoms with Crippen molar-refractivity contribution < 1.29 is 9.59 Å². The third-order valence-electron chi connectivity index (χ3n) is 4.75. The van der Waals surface area contributed by atoms with Gasteiger partial charge in [-0.2, -0.15) is 0 Å². The van der Waals surface area contributed by atoms with Crippen LogP contribution < -0.4 is 8.64 Å². The molecule has 1 aromatic rings. The normalized spacial score (nSPS) is 24.6. The second-order valence-corrected chi connectivity index (χ2v) is 16.2. The van der Waals surface area contributed by atoms with Crippen molar-refractivity contribution in [2.75, 3.05) is 0 Å². The summed E-state index contributed by atoms with van der Waals surface area (Å²) >= 11 is -1.04. The van der Waals surface area contributed by atoms with Crippen LogP contribution in [0.25, 0.3) is 6.08 Å². The van der Waals surface area contributed by atoms with Crippen LogP contribution in [-0.4, -0.2) is 37.8 Å². The van der Waals surface area contributed by atoms with Gasteiger partial charge in [-0.05, 0) is 0 Å². The Morgan fingerprint density at radius 2 is 2.18 bits per heavy atom. The standard InChI is InChI=1S/C17H16NO2S.In/c1-12(2)7-3-4-8-13-9-5-6-10-14(13)11-15-16(19)18-17(20)21-15;/h5-8,10-11,15H,3H2,1-2H3,(H,18,19,20);. The number of hydrogen-bond donors (Lipinski definition) is 1. The van der Waals surface area contributed by atoms with Gasteiger partial charge in [0.05, 0.1) is 0 Å². The fraction of sp³-hybridized carbons (Fsp3) is 0.294. The number of amides is 2. The first-order chi connectivity index (χ1) is 10.6.